The van der Waals surface area contributed by atoms with Crippen LogP contribution in [0.1, 0.15) is 96.3 Å². The first-order valence-electron chi connectivity index (χ1n) is 12.1. The zero-order valence-electron chi connectivity index (χ0n) is 19.4. The van der Waals surface area contributed by atoms with E-state index >= 15 is 0 Å². The molecule has 2 aromatic carbocycles. The van der Waals surface area contributed by atoms with Gasteiger partial charge in [0, 0.05) is 12.1 Å². The summed E-state index contributed by atoms with van der Waals surface area (Å²) in [5.41, 5.74) is 0.284. The number of aromatic carboxylic acids is 2. The molecular formula is C27H33NO5. The minimum atomic E-state index is -1.14. The van der Waals surface area contributed by atoms with E-state index in [2.05, 4.69) is 13.8 Å². The summed E-state index contributed by atoms with van der Waals surface area (Å²) in [6.07, 6.45) is 8.04. The summed E-state index contributed by atoms with van der Waals surface area (Å²) < 4.78 is 0. The summed E-state index contributed by atoms with van der Waals surface area (Å²) in [7, 11) is 0. The molecule has 6 nitrogen and oxygen atoms in total. The van der Waals surface area contributed by atoms with Crippen molar-refractivity contribution in [2.45, 2.75) is 77.3 Å². The standard InChI is InChI=1S/C27H33NO5/c1-16-3-9-20(10-4-16)28(21-11-5-17(2)6-12-21)25(29)24-22-13-8-19(26(30)31)15-18(22)7-14-23(24)27(32)33/h7-8,13-17,20-21H,3-6,9-12H2,1-2H3,(H,30,31)(H,32,33). The number of amides is 1. The predicted molar refractivity (Wildman–Crippen MR) is 127 cm³/mol. The summed E-state index contributed by atoms with van der Waals surface area (Å²) >= 11 is 0. The van der Waals surface area contributed by atoms with Crippen molar-refractivity contribution in [1.29, 1.82) is 0 Å². The van der Waals surface area contributed by atoms with E-state index in [1.54, 1.807) is 12.1 Å². The lowest BCUT2D eigenvalue weighted by Crippen LogP contribution is -2.50. The zero-order chi connectivity index (χ0) is 23.7. The molecule has 0 unspecified atom stereocenters. The molecule has 2 saturated carbocycles. The molecule has 0 atom stereocenters. The molecule has 0 heterocycles. The fourth-order valence-electron chi connectivity index (χ4n) is 5.67. The Morgan fingerprint density at radius 2 is 1.30 bits per heavy atom. The largest absolute Gasteiger partial charge is 0.478 e. The molecule has 0 aromatic heterocycles. The highest BCUT2D eigenvalue weighted by Crippen LogP contribution is 2.36. The molecule has 0 spiro atoms. The van der Waals surface area contributed by atoms with E-state index in [1.807, 2.05) is 4.90 Å². The minimum absolute atomic E-state index is 0.0195. The van der Waals surface area contributed by atoms with Crippen LogP contribution >= 0.6 is 0 Å². The molecule has 6 heteroatoms. The lowest BCUT2D eigenvalue weighted by Gasteiger charge is -2.43. The number of carboxylic acids is 2. The number of benzene rings is 2. The van der Waals surface area contributed by atoms with Crippen molar-refractivity contribution in [3.8, 4) is 0 Å². The maximum Gasteiger partial charge on any atom is 0.336 e. The Labute approximate surface area is 194 Å². The molecule has 0 saturated heterocycles. The lowest BCUT2D eigenvalue weighted by atomic mass is 9.81. The van der Waals surface area contributed by atoms with E-state index in [0.29, 0.717) is 22.6 Å². The van der Waals surface area contributed by atoms with Crippen LogP contribution in [-0.4, -0.2) is 45.0 Å². The third-order valence-electron chi connectivity index (χ3n) is 7.70. The number of carbonyl (C=O) groups is 3. The molecule has 0 aliphatic heterocycles. The van der Waals surface area contributed by atoms with Gasteiger partial charge in [0.05, 0.1) is 16.7 Å². The molecule has 1 amide bonds. The minimum Gasteiger partial charge on any atom is -0.478 e. The predicted octanol–water partition coefficient (Wildman–Crippen LogP) is 5.84. The number of carboxylic acid groups (broad SMARTS) is 2. The van der Waals surface area contributed by atoms with Crippen LogP contribution < -0.4 is 0 Å². The van der Waals surface area contributed by atoms with Crippen LogP contribution in [0.25, 0.3) is 10.8 Å². The van der Waals surface area contributed by atoms with Gasteiger partial charge in [-0.3, -0.25) is 4.79 Å². The van der Waals surface area contributed by atoms with Crippen molar-refractivity contribution in [2.24, 2.45) is 11.8 Å². The van der Waals surface area contributed by atoms with E-state index in [4.69, 9.17) is 0 Å². The lowest BCUT2D eigenvalue weighted by molar-refractivity contribution is 0.0391. The highest BCUT2D eigenvalue weighted by atomic mass is 16.4. The Bertz CT molecular complexity index is 1040. The number of rotatable bonds is 5. The second-order valence-electron chi connectivity index (χ2n) is 10.1. The Hall–Kier alpha value is -2.89. The molecular weight excluding hydrogens is 418 g/mol. The number of nitrogens with zero attached hydrogens (tertiary/aromatic N) is 1. The SMILES string of the molecule is CC1CCC(N(C(=O)c2c(C(=O)O)ccc3cc(C(=O)O)ccc23)C2CCC(C)CC2)CC1. The maximum atomic E-state index is 14.2. The van der Waals surface area contributed by atoms with Gasteiger partial charge in [-0.2, -0.15) is 0 Å². The smallest absolute Gasteiger partial charge is 0.336 e. The van der Waals surface area contributed by atoms with E-state index < -0.39 is 11.9 Å². The van der Waals surface area contributed by atoms with Crippen LogP contribution in [0.5, 0.6) is 0 Å². The summed E-state index contributed by atoms with van der Waals surface area (Å²) in [4.78, 5) is 39.8. The van der Waals surface area contributed by atoms with Crippen molar-refractivity contribution in [1.82, 2.24) is 4.90 Å². The van der Waals surface area contributed by atoms with Crippen molar-refractivity contribution in [2.75, 3.05) is 0 Å². The third-order valence-corrected chi connectivity index (χ3v) is 7.70. The molecule has 2 aliphatic carbocycles. The van der Waals surface area contributed by atoms with Crippen molar-refractivity contribution in [3.63, 3.8) is 0 Å². The summed E-state index contributed by atoms with van der Waals surface area (Å²) in [6, 6.07) is 7.80. The Morgan fingerprint density at radius 3 is 1.79 bits per heavy atom. The van der Waals surface area contributed by atoms with Crippen LogP contribution in [0, 0.1) is 11.8 Å². The molecule has 4 rings (SSSR count). The fraction of sp³-hybridized carbons (Fsp3) is 0.519. The topological polar surface area (TPSA) is 94.9 Å². The average molecular weight is 452 g/mol. The van der Waals surface area contributed by atoms with Crippen molar-refractivity contribution in [3.05, 3.63) is 47.0 Å². The van der Waals surface area contributed by atoms with Crippen LogP contribution in [-0.2, 0) is 0 Å². The number of hydrogen-bond donors (Lipinski definition) is 2. The molecule has 0 bridgehead atoms. The van der Waals surface area contributed by atoms with Gasteiger partial charge in [-0.15, -0.1) is 0 Å². The average Bonchev–Trinajstić information content (AvgIpc) is 2.80. The van der Waals surface area contributed by atoms with E-state index in [1.165, 1.54) is 18.2 Å². The van der Waals surface area contributed by atoms with E-state index in [9.17, 15) is 24.6 Å². The summed E-state index contributed by atoms with van der Waals surface area (Å²) in [6.45, 7) is 4.50. The molecule has 2 fully saturated rings. The number of hydrogen-bond acceptors (Lipinski definition) is 3. The Morgan fingerprint density at radius 1 is 0.758 bits per heavy atom. The van der Waals surface area contributed by atoms with Crippen molar-refractivity contribution >= 4 is 28.6 Å². The van der Waals surface area contributed by atoms with Gasteiger partial charge in [-0.05, 0) is 92.2 Å². The van der Waals surface area contributed by atoms with E-state index in [-0.39, 0.29) is 34.7 Å². The summed E-state index contributed by atoms with van der Waals surface area (Å²) in [5, 5.41) is 20.4. The first kappa shape index (κ1) is 23.3. The second-order valence-corrected chi connectivity index (χ2v) is 10.1. The Kier molecular flexibility index (Phi) is 6.73. The third kappa shape index (κ3) is 4.75. The summed E-state index contributed by atoms with van der Waals surface area (Å²) in [5.74, 6) is -1.13. The zero-order valence-corrected chi connectivity index (χ0v) is 19.4. The molecule has 33 heavy (non-hydrogen) atoms. The van der Waals surface area contributed by atoms with Crippen molar-refractivity contribution < 1.29 is 24.6 Å². The molecule has 2 N–H and O–H groups in total. The van der Waals surface area contributed by atoms with Gasteiger partial charge in [0.1, 0.15) is 0 Å². The maximum absolute atomic E-state index is 14.2. The number of carbonyl (C=O) groups excluding carboxylic acids is 1. The first-order chi connectivity index (χ1) is 15.8. The molecule has 0 radical (unpaired) electrons. The fourth-order valence-corrected chi connectivity index (χ4v) is 5.67. The highest BCUT2D eigenvalue weighted by molar-refractivity contribution is 6.15. The first-order valence-corrected chi connectivity index (χ1v) is 12.1. The van der Waals surface area contributed by atoms with E-state index in [0.717, 1.165) is 51.4 Å². The second kappa shape index (κ2) is 9.54. The normalized spacial score (nSPS) is 25.5. The highest BCUT2D eigenvalue weighted by Gasteiger charge is 2.37. The van der Waals surface area contributed by atoms with Crippen LogP contribution in [0.2, 0.25) is 0 Å². The van der Waals surface area contributed by atoms with Gasteiger partial charge in [-0.1, -0.05) is 26.0 Å². The molecule has 2 aromatic rings. The number of fused-ring (bicyclic) bond motifs is 1. The van der Waals surface area contributed by atoms with Crippen LogP contribution in [0.3, 0.4) is 0 Å². The van der Waals surface area contributed by atoms with Gasteiger partial charge in [0.15, 0.2) is 0 Å². The van der Waals surface area contributed by atoms with Gasteiger partial charge in [0.25, 0.3) is 5.91 Å². The van der Waals surface area contributed by atoms with Gasteiger partial charge >= 0.3 is 11.9 Å². The Balaban J connectivity index is 1.81. The quantitative estimate of drug-likeness (QED) is 0.596. The molecule has 176 valence electrons. The van der Waals surface area contributed by atoms with Crippen LogP contribution in [0.15, 0.2) is 30.3 Å². The van der Waals surface area contributed by atoms with Gasteiger partial charge in [0.2, 0.25) is 0 Å². The molecule has 2 aliphatic rings. The monoisotopic (exact) mass is 451 g/mol. The van der Waals surface area contributed by atoms with Gasteiger partial charge < -0.3 is 15.1 Å². The van der Waals surface area contributed by atoms with Crippen LogP contribution in [0.4, 0.5) is 0 Å². The van der Waals surface area contributed by atoms with Gasteiger partial charge in [-0.25, -0.2) is 9.59 Å².